The van der Waals surface area contributed by atoms with Crippen molar-refractivity contribution in [3.05, 3.63) is 47.3 Å². The van der Waals surface area contributed by atoms with Gasteiger partial charge in [0.25, 0.3) is 0 Å². The first-order valence-corrected chi connectivity index (χ1v) is 5.62. The van der Waals surface area contributed by atoms with Gasteiger partial charge in [-0.05, 0) is 24.6 Å². The minimum Gasteiger partial charge on any atom is -0.478 e. The van der Waals surface area contributed by atoms with Crippen molar-refractivity contribution in [2.45, 2.75) is 13.5 Å². The molecule has 0 radical (unpaired) electrons. The van der Waals surface area contributed by atoms with Gasteiger partial charge >= 0.3 is 5.97 Å². The maximum absolute atomic E-state index is 11.0. The minimum atomic E-state index is -0.905. The van der Waals surface area contributed by atoms with E-state index in [1.165, 1.54) is 0 Å². The molecule has 0 unspecified atom stereocenters. The van der Waals surface area contributed by atoms with Gasteiger partial charge in [0.1, 0.15) is 0 Å². The van der Waals surface area contributed by atoms with Gasteiger partial charge < -0.3 is 10.4 Å². The second-order valence-corrected chi connectivity index (χ2v) is 4.16. The Morgan fingerprint density at radius 2 is 2.28 bits per heavy atom. The molecule has 0 amide bonds. The maximum atomic E-state index is 11.0. The summed E-state index contributed by atoms with van der Waals surface area (Å²) in [5.41, 5.74) is 2.96. The van der Waals surface area contributed by atoms with E-state index in [2.05, 4.69) is 10.4 Å². The van der Waals surface area contributed by atoms with E-state index in [4.69, 9.17) is 5.11 Å². The van der Waals surface area contributed by atoms with Crippen LogP contribution in [-0.4, -0.2) is 20.9 Å². The summed E-state index contributed by atoms with van der Waals surface area (Å²) in [4.78, 5) is 11.0. The molecule has 0 saturated carbocycles. The molecule has 1 aromatic heterocycles. The van der Waals surface area contributed by atoms with E-state index in [0.29, 0.717) is 12.1 Å². The van der Waals surface area contributed by atoms with Crippen LogP contribution in [-0.2, 0) is 13.6 Å². The number of aromatic carboxylic acids is 1. The number of carboxylic acid groups (broad SMARTS) is 1. The number of carbonyl (C=O) groups is 1. The smallest absolute Gasteiger partial charge is 0.336 e. The number of hydrogen-bond acceptors (Lipinski definition) is 3. The molecule has 5 nitrogen and oxygen atoms in total. The second kappa shape index (κ2) is 4.91. The SMILES string of the molecule is Cc1c(NCc2cnn(C)c2)cccc1C(=O)O. The van der Waals surface area contributed by atoms with E-state index < -0.39 is 5.97 Å². The molecular weight excluding hydrogens is 230 g/mol. The third-order valence-corrected chi connectivity index (χ3v) is 2.81. The Bertz CT molecular complexity index is 575. The fourth-order valence-electron chi connectivity index (χ4n) is 1.82. The van der Waals surface area contributed by atoms with E-state index >= 15 is 0 Å². The van der Waals surface area contributed by atoms with Gasteiger partial charge in [0, 0.05) is 31.0 Å². The van der Waals surface area contributed by atoms with Crippen molar-refractivity contribution < 1.29 is 9.90 Å². The molecule has 18 heavy (non-hydrogen) atoms. The Balaban J connectivity index is 2.14. The van der Waals surface area contributed by atoms with Gasteiger partial charge in [0.05, 0.1) is 11.8 Å². The van der Waals surface area contributed by atoms with Crippen molar-refractivity contribution in [2.75, 3.05) is 5.32 Å². The molecule has 2 N–H and O–H groups in total. The van der Waals surface area contributed by atoms with Crippen LogP contribution in [0.3, 0.4) is 0 Å². The van der Waals surface area contributed by atoms with E-state index in [1.54, 1.807) is 29.9 Å². The Kier molecular flexibility index (Phi) is 3.32. The van der Waals surface area contributed by atoms with Crippen LogP contribution in [0, 0.1) is 6.92 Å². The van der Waals surface area contributed by atoms with Gasteiger partial charge in [0.2, 0.25) is 0 Å². The topological polar surface area (TPSA) is 67.2 Å². The summed E-state index contributed by atoms with van der Waals surface area (Å²) >= 11 is 0. The predicted octanol–water partition coefficient (Wildman–Crippen LogP) is 2.04. The third-order valence-electron chi connectivity index (χ3n) is 2.81. The molecule has 0 fully saturated rings. The largest absolute Gasteiger partial charge is 0.478 e. The normalized spacial score (nSPS) is 10.3. The van der Waals surface area contributed by atoms with Crippen LogP contribution >= 0.6 is 0 Å². The summed E-state index contributed by atoms with van der Waals surface area (Å²) in [6.07, 6.45) is 3.70. The molecule has 2 rings (SSSR count). The van der Waals surface area contributed by atoms with Crippen molar-refractivity contribution in [1.82, 2.24) is 9.78 Å². The predicted molar refractivity (Wildman–Crippen MR) is 68.7 cm³/mol. The van der Waals surface area contributed by atoms with E-state index in [-0.39, 0.29) is 0 Å². The lowest BCUT2D eigenvalue weighted by Crippen LogP contribution is -2.05. The average molecular weight is 245 g/mol. The highest BCUT2D eigenvalue weighted by Crippen LogP contribution is 2.19. The molecule has 0 aliphatic rings. The monoisotopic (exact) mass is 245 g/mol. The summed E-state index contributed by atoms with van der Waals surface area (Å²) in [6.45, 7) is 2.42. The van der Waals surface area contributed by atoms with Crippen LogP contribution in [0.5, 0.6) is 0 Å². The first kappa shape index (κ1) is 12.2. The number of rotatable bonds is 4. The summed E-state index contributed by atoms with van der Waals surface area (Å²) in [5, 5.41) is 16.3. The summed E-state index contributed by atoms with van der Waals surface area (Å²) < 4.78 is 1.73. The lowest BCUT2D eigenvalue weighted by molar-refractivity contribution is 0.0696. The van der Waals surface area contributed by atoms with Gasteiger partial charge in [-0.1, -0.05) is 6.07 Å². The minimum absolute atomic E-state index is 0.325. The highest BCUT2D eigenvalue weighted by Gasteiger charge is 2.09. The van der Waals surface area contributed by atoms with Gasteiger partial charge in [-0.3, -0.25) is 4.68 Å². The van der Waals surface area contributed by atoms with Gasteiger partial charge in [-0.15, -0.1) is 0 Å². The van der Waals surface area contributed by atoms with Crippen molar-refractivity contribution in [2.24, 2.45) is 7.05 Å². The number of nitrogens with one attached hydrogen (secondary N) is 1. The third kappa shape index (κ3) is 2.51. The Hall–Kier alpha value is -2.30. The Morgan fingerprint density at radius 1 is 1.50 bits per heavy atom. The highest BCUT2D eigenvalue weighted by molar-refractivity contribution is 5.91. The van der Waals surface area contributed by atoms with E-state index in [1.807, 2.05) is 19.3 Å². The molecule has 2 aromatic rings. The maximum Gasteiger partial charge on any atom is 0.336 e. The molecule has 1 aromatic carbocycles. The fourth-order valence-corrected chi connectivity index (χ4v) is 1.82. The van der Waals surface area contributed by atoms with Crippen LogP contribution in [0.25, 0.3) is 0 Å². The molecular formula is C13H15N3O2. The molecule has 1 heterocycles. The number of benzene rings is 1. The first-order chi connectivity index (χ1) is 8.58. The van der Waals surface area contributed by atoms with Crippen LogP contribution in [0.15, 0.2) is 30.6 Å². The quantitative estimate of drug-likeness (QED) is 0.865. The molecule has 0 aliphatic heterocycles. The first-order valence-electron chi connectivity index (χ1n) is 5.62. The highest BCUT2D eigenvalue weighted by atomic mass is 16.4. The number of nitrogens with zero attached hydrogens (tertiary/aromatic N) is 2. The number of carboxylic acids is 1. The zero-order chi connectivity index (χ0) is 13.1. The molecule has 0 saturated heterocycles. The number of aromatic nitrogens is 2. The summed E-state index contributed by atoms with van der Waals surface area (Å²) in [5.74, 6) is -0.905. The van der Waals surface area contributed by atoms with Gasteiger partial charge in [0.15, 0.2) is 0 Å². The average Bonchev–Trinajstić information content (AvgIpc) is 2.73. The second-order valence-electron chi connectivity index (χ2n) is 4.16. The van der Waals surface area contributed by atoms with E-state index in [0.717, 1.165) is 16.8 Å². The van der Waals surface area contributed by atoms with Gasteiger partial charge in [-0.25, -0.2) is 4.79 Å². The molecule has 0 spiro atoms. The molecule has 5 heteroatoms. The number of aryl methyl sites for hydroxylation is 1. The van der Waals surface area contributed by atoms with Crippen LogP contribution < -0.4 is 5.32 Å². The van der Waals surface area contributed by atoms with Crippen LogP contribution in [0.1, 0.15) is 21.5 Å². The standard InChI is InChI=1S/C13H15N3O2/c1-9-11(13(17)18)4-3-5-12(9)14-6-10-7-15-16(2)8-10/h3-5,7-8,14H,6H2,1-2H3,(H,17,18). The number of hydrogen-bond donors (Lipinski definition) is 2. The van der Waals surface area contributed by atoms with Crippen LogP contribution in [0.2, 0.25) is 0 Å². The fraction of sp³-hybridized carbons (Fsp3) is 0.231. The Morgan fingerprint density at radius 3 is 2.89 bits per heavy atom. The Labute approximate surface area is 105 Å². The molecule has 0 aliphatic carbocycles. The zero-order valence-corrected chi connectivity index (χ0v) is 10.3. The lowest BCUT2D eigenvalue weighted by Gasteiger charge is -2.10. The van der Waals surface area contributed by atoms with Crippen molar-refractivity contribution in [1.29, 1.82) is 0 Å². The summed E-state index contributed by atoms with van der Waals surface area (Å²) in [6, 6.07) is 5.22. The van der Waals surface area contributed by atoms with Crippen molar-refractivity contribution >= 4 is 11.7 Å². The van der Waals surface area contributed by atoms with Gasteiger partial charge in [-0.2, -0.15) is 5.10 Å². The van der Waals surface area contributed by atoms with Crippen molar-refractivity contribution in [3.63, 3.8) is 0 Å². The number of anilines is 1. The molecule has 0 bridgehead atoms. The lowest BCUT2D eigenvalue weighted by atomic mass is 10.1. The molecule has 94 valence electrons. The van der Waals surface area contributed by atoms with Crippen molar-refractivity contribution in [3.8, 4) is 0 Å². The van der Waals surface area contributed by atoms with Crippen LogP contribution in [0.4, 0.5) is 5.69 Å². The molecule has 0 atom stereocenters. The van der Waals surface area contributed by atoms with E-state index in [9.17, 15) is 4.79 Å². The summed E-state index contributed by atoms with van der Waals surface area (Å²) in [7, 11) is 1.86. The zero-order valence-electron chi connectivity index (χ0n) is 10.3.